The molecule has 1 aromatic rings. The first kappa shape index (κ1) is 16.3. The first-order valence-electron chi connectivity index (χ1n) is 6.40. The Kier molecular flexibility index (Phi) is 5.65. The van der Waals surface area contributed by atoms with Crippen molar-refractivity contribution in [1.82, 2.24) is 5.32 Å². The van der Waals surface area contributed by atoms with Crippen molar-refractivity contribution in [3.05, 3.63) is 28.8 Å². The third-order valence-corrected chi connectivity index (χ3v) is 3.96. The van der Waals surface area contributed by atoms with Crippen molar-refractivity contribution < 1.29 is 4.79 Å². The molecule has 1 aliphatic rings. The lowest BCUT2D eigenvalue weighted by molar-refractivity contribution is -0.122. The van der Waals surface area contributed by atoms with Crippen LogP contribution in [0.4, 0.5) is 5.69 Å². The van der Waals surface area contributed by atoms with E-state index in [0.717, 1.165) is 37.1 Å². The Morgan fingerprint density at radius 3 is 2.84 bits per heavy atom. The van der Waals surface area contributed by atoms with Crippen molar-refractivity contribution in [3.63, 3.8) is 0 Å². The van der Waals surface area contributed by atoms with Crippen LogP contribution in [-0.4, -0.2) is 18.0 Å². The maximum Gasteiger partial charge on any atom is 0.244 e. The molecule has 0 spiro atoms. The van der Waals surface area contributed by atoms with E-state index >= 15 is 0 Å². The molecule has 1 amide bonds. The Bertz CT molecular complexity index is 457. The fourth-order valence-electron chi connectivity index (χ4n) is 2.43. The van der Waals surface area contributed by atoms with E-state index < -0.39 is 5.54 Å². The first-order valence-corrected chi connectivity index (χ1v) is 6.78. The van der Waals surface area contributed by atoms with Gasteiger partial charge in [-0.15, -0.1) is 12.4 Å². The van der Waals surface area contributed by atoms with Gasteiger partial charge in [-0.05, 0) is 50.4 Å². The van der Waals surface area contributed by atoms with Crippen molar-refractivity contribution >= 4 is 35.6 Å². The third kappa shape index (κ3) is 3.41. The summed E-state index contributed by atoms with van der Waals surface area (Å²) in [6.07, 6.45) is 2.75. The van der Waals surface area contributed by atoms with E-state index in [9.17, 15) is 4.79 Å². The van der Waals surface area contributed by atoms with Crippen LogP contribution in [0.2, 0.25) is 5.02 Å². The normalized spacial score (nSPS) is 21.8. The molecule has 1 aromatic carbocycles. The van der Waals surface area contributed by atoms with E-state index in [2.05, 4.69) is 10.6 Å². The molecule has 0 radical (unpaired) electrons. The highest BCUT2D eigenvalue weighted by Gasteiger charge is 2.39. The van der Waals surface area contributed by atoms with Gasteiger partial charge in [0.2, 0.25) is 5.91 Å². The lowest BCUT2D eigenvalue weighted by Crippen LogP contribution is -2.50. The molecule has 1 fully saturated rings. The predicted molar refractivity (Wildman–Crippen MR) is 82.3 cm³/mol. The van der Waals surface area contributed by atoms with Crippen LogP contribution in [0.15, 0.2) is 18.2 Å². The largest absolute Gasteiger partial charge is 0.324 e. The van der Waals surface area contributed by atoms with Gasteiger partial charge < -0.3 is 10.6 Å². The van der Waals surface area contributed by atoms with Crippen molar-refractivity contribution in [3.8, 4) is 0 Å². The summed E-state index contributed by atoms with van der Waals surface area (Å²) in [5.41, 5.74) is 1.42. The van der Waals surface area contributed by atoms with E-state index in [-0.39, 0.29) is 18.3 Å². The molecule has 1 aliphatic heterocycles. The topological polar surface area (TPSA) is 41.1 Å². The van der Waals surface area contributed by atoms with E-state index in [0.29, 0.717) is 5.02 Å². The Morgan fingerprint density at radius 2 is 2.26 bits per heavy atom. The fourth-order valence-corrected chi connectivity index (χ4v) is 2.61. The average Bonchev–Trinajstić information content (AvgIpc) is 2.84. The average molecular weight is 303 g/mol. The number of rotatable bonds is 3. The molecule has 0 bridgehead atoms. The van der Waals surface area contributed by atoms with Gasteiger partial charge in [-0.3, -0.25) is 4.79 Å². The van der Waals surface area contributed by atoms with Gasteiger partial charge in [-0.2, -0.15) is 0 Å². The summed E-state index contributed by atoms with van der Waals surface area (Å²) < 4.78 is 0. The van der Waals surface area contributed by atoms with E-state index in [1.807, 2.05) is 26.0 Å². The number of nitrogens with one attached hydrogen (secondary N) is 2. The van der Waals surface area contributed by atoms with Gasteiger partial charge in [0.25, 0.3) is 0 Å². The van der Waals surface area contributed by atoms with Gasteiger partial charge in [0.05, 0.1) is 5.54 Å². The molecule has 1 heterocycles. The highest BCUT2D eigenvalue weighted by Crippen LogP contribution is 2.26. The van der Waals surface area contributed by atoms with Crippen molar-refractivity contribution in [2.24, 2.45) is 0 Å². The summed E-state index contributed by atoms with van der Waals surface area (Å²) in [7, 11) is 0. The molecule has 3 nitrogen and oxygen atoms in total. The summed E-state index contributed by atoms with van der Waals surface area (Å²) in [4.78, 5) is 12.4. The quantitative estimate of drug-likeness (QED) is 0.896. The summed E-state index contributed by atoms with van der Waals surface area (Å²) in [5, 5.41) is 6.97. The molecular formula is C14H20Cl2N2O. The molecule has 0 aliphatic carbocycles. The van der Waals surface area contributed by atoms with Crippen LogP contribution in [0, 0.1) is 6.92 Å². The summed E-state index contributed by atoms with van der Waals surface area (Å²) in [6.45, 7) is 4.92. The van der Waals surface area contributed by atoms with Crippen LogP contribution in [0.3, 0.4) is 0 Å². The summed E-state index contributed by atoms with van der Waals surface area (Å²) in [5.74, 6) is 0.0490. The fraction of sp³-hybridized carbons (Fsp3) is 0.500. The number of hydrogen-bond acceptors (Lipinski definition) is 2. The monoisotopic (exact) mass is 302 g/mol. The van der Waals surface area contributed by atoms with Crippen molar-refractivity contribution in [2.45, 2.75) is 38.6 Å². The Labute approximate surface area is 125 Å². The van der Waals surface area contributed by atoms with Gasteiger partial charge in [-0.1, -0.05) is 24.6 Å². The highest BCUT2D eigenvalue weighted by atomic mass is 35.5. The first-order chi connectivity index (χ1) is 8.57. The van der Waals surface area contributed by atoms with E-state index in [1.165, 1.54) is 0 Å². The Morgan fingerprint density at radius 1 is 1.53 bits per heavy atom. The number of aryl methyl sites for hydroxylation is 1. The Balaban J connectivity index is 0.00000180. The molecular weight excluding hydrogens is 283 g/mol. The molecule has 0 aromatic heterocycles. The molecule has 1 saturated heterocycles. The van der Waals surface area contributed by atoms with Crippen LogP contribution >= 0.6 is 24.0 Å². The highest BCUT2D eigenvalue weighted by molar-refractivity contribution is 6.31. The number of carbonyl (C=O) groups is 1. The smallest absolute Gasteiger partial charge is 0.244 e. The Hall–Kier alpha value is -0.770. The molecule has 106 valence electrons. The number of hydrogen-bond donors (Lipinski definition) is 2. The van der Waals surface area contributed by atoms with Gasteiger partial charge in [0.1, 0.15) is 0 Å². The van der Waals surface area contributed by atoms with E-state index in [4.69, 9.17) is 11.6 Å². The molecule has 1 atom stereocenters. The molecule has 2 rings (SSSR count). The third-order valence-electron chi connectivity index (χ3n) is 3.73. The van der Waals surface area contributed by atoms with Gasteiger partial charge >= 0.3 is 0 Å². The van der Waals surface area contributed by atoms with Gasteiger partial charge in [-0.25, -0.2) is 0 Å². The number of halogens is 2. The maximum atomic E-state index is 12.4. The van der Waals surface area contributed by atoms with Crippen LogP contribution in [-0.2, 0) is 4.79 Å². The molecule has 5 heteroatoms. The predicted octanol–water partition coefficient (Wildman–Crippen LogP) is 3.54. The zero-order valence-corrected chi connectivity index (χ0v) is 12.8. The molecule has 2 N–H and O–H groups in total. The van der Waals surface area contributed by atoms with Crippen molar-refractivity contribution in [2.75, 3.05) is 11.9 Å². The SMILES string of the molecule is CCC1(C(=O)Nc2cc(Cl)ccc2C)CCCN1.Cl. The molecule has 0 saturated carbocycles. The minimum atomic E-state index is -0.408. The van der Waals surface area contributed by atoms with Gasteiger partial charge in [0, 0.05) is 10.7 Å². The number of carbonyl (C=O) groups excluding carboxylic acids is 1. The van der Waals surface area contributed by atoms with Crippen LogP contribution < -0.4 is 10.6 Å². The minimum absolute atomic E-state index is 0. The van der Waals surface area contributed by atoms with Crippen molar-refractivity contribution in [1.29, 1.82) is 0 Å². The maximum absolute atomic E-state index is 12.4. The van der Waals surface area contributed by atoms with Crippen LogP contribution in [0.25, 0.3) is 0 Å². The zero-order chi connectivity index (χ0) is 13.2. The lowest BCUT2D eigenvalue weighted by atomic mass is 9.93. The molecule has 19 heavy (non-hydrogen) atoms. The number of anilines is 1. The molecule has 1 unspecified atom stereocenters. The summed E-state index contributed by atoms with van der Waals surface area (Å²) >= 11 is 5.96. The second kappa shape index (κ2) is 6.60. The summed E-state index contributed by atoms with van der Waals surface area (Å²) in [6, 6.07) is 5.54. The van der Waals surface area contributed by atoms with Crippen LogP contribution in [0.1, 0.15) is 31.7 Å². The second-order valence-electron chi connectivity index (χ2n) is 4.88. The lowest BCUT2D eigenvalue weighted by Gasteiger charge is -2.27. The number of amides is 1. The van der Waals surface area contributed by atoms with Gasteiger partial charge in [0.15, 0.2) is 0 Å². The minimum Gasteiger partial charge on any atom is -0.324 e. The van der Waals surface area contributed by atoms with Crippen LogP contribution in [0.5, 0.6) is 0 Å². The second-order valence-corrected chi connectivity index (χ2v) is 5.32. The van der Waals surface area contributed by atoms with E-state index in [1.54, 1.807) is 6.07 Å². The zero-order valence-electron chi connectivity index (χ0n) is 11.3. The standard InChI is InChI=1S/C14H19ClN2O.ClH/c1-3-14(7-4-8-16-14)13(18)17-12-9-11(15)6-5-10(12)2;/h5-6,9,16H,3-4,7-8H2,1-2H3,(H,17,18);1H. The number of benzene rings is 1.